The summed E-state index contributed by atoms with van der Waals surface area (Å²) in [6.07, 6.45) is 0. The monoisotopic (exact) mass is 670 g/mol. The average molecular weight is 670 g/mol. The first-order chi connectivity index (χ1) is 16.8. The fraction of sp³-hybridized carbons (Fsp3) is 0. The van der Waals surface area contributed by atoms with Gasteiger partial charge in [-0.3, -0.25) is 0 Å². The number of rotatable bonds is 2. The summed E-state index contributed by atoms with van der Waals surface area (Å²) in [5, 5.41) is 0. The molecule has 4 aliphatic rings. The molecule has 0 aromatic heterocycles. The summed E-state index contributed by atoms with van der Waals surface area (Å²) >= 11 is 1.08. The van der Waals surface area contributed by atoms with Gasteiger partial charge in [-0.05, 0) is 0 Å². The van der Waals surface area contributed by atoms with Crippen molar-refractivity contribution in [3.63, 3.8) is 0 Å². The summed E-state index contributed by atoms with van der Waals surface area (Å²) in [6, 6.07) is 56.0. The molecule has 0 amide bonds. The van der Waals surface area contributed by atoms with Crippen LogP contribution in [-0.2, 0) is 23.9 Å². The van der Waals surface area contributed by atoms with Crippen molar-refractivity contribution in [2.75, 3.05) is 0 Å². The maximum absolute atomic E-state index is 3.14. The van der Waals surface area contributed by atoms with Crippen LogP contribution >= 0.6 is 0 Å². The van der Waals surface area contributed by atoms with Gasteiger partial charge in [-0.1, -0.05) is 24.3 Å². The van der Waals surface area contributed by atoms with Crippen LogP contribution in [0, 0.1) is 12.1 Å². The summed E-state index contributed by atoms with van der Waals surface area (Å²) in [5.74, 6) is 0. The summed E-state index contributed by atoms with van der Waals surface area (Å²) < 4.78 is 1.46. The Bertz CT molecular complexity index is 1200. The largest absolute Gasteiger partial charge is 0.168 e. The third-order valence-electron chi connectivity index (χ3n) is 5.27. The van der Waals surface area contributed by atoms with Crippen LogP contribution in [0.1, 0.15) is 11.1 Å². The van der Waals surface area contributed by atoms with Gasteiger partial charge in [0.1, 0.15) is 0 Å². The topological polar surface area (TPSA) is 0 Å². The van der Waals surface area contributed by atoms with E-state index in [9.17, 15) is 0 Å². The summed E-state index contributed by atoms with van der Waals surface area (Å²) in [4.78, 5) is 0. The molecule has 0 radical (unpaired) electrons. The minimum atomic E-state index is 0. The molecular formula is C33H24Cl2Hf-2. The normalized spacial score (nSPS) is 9.39. The Kier molecular flexibility index (Phi) is 13.1. The van der Waals surface area contributed by atoms with Crippen molar-refractivity contribution < 1.29 is 48.7 Å². The Balaban J connectivity index is 0.000000188. The molecular weight excluding hydrogens is 646 g/mol. The van der Waals surface area contributed by atoms with Gasteiger partial charge in [0.25, 0.3) is 0 Å². The molecule has 0 unspecified atom stereocenters. The van der Waals surface area contributed by atoms with E-state index >= 15 is 0 Å². The van der Waals surface area contributed by atoms with Crippen LogP contribution in [0.4, 0.5) is 0 Å². The minimum Gasteiger partial charge on any atom is -0.168 e. The van der Waals surface area contributed by atoms with Gasteiger partial charge in [0.05, 0.1) is 0 Å². The van der Waals surface area contributed by atoms with Crippen molar-refractivity contribution in [2.24, 2.45) is 0 Å². The van der Waals surface area contributed by atoms with E-state index in [-0.39, 0.29) is 24.8 Å². The molecule has 3 heteroatoms. The van der Waals surface area contributed by atoms with Gasteiger partial charge in [-0.2, -0.15) is 35.4 Å². The molecule has 2 aromatic rings. The SMILES string of the molecule is [Cl-].[Cl-].[Hf+2]=[C](c1ccccc1)c1ccccc1.[c-]1ccc2cccccc1-2.[c-]1ccc2cccccc1-2. The number of hydrogen-bond acceptors (Lipinski definition) is 0. The Morgan fingerprint density at radius 1 is 0.417 bits per heavy atom. The van der Waals surface area contributed by atoms with E-state index < -0.39 is 0 Å². The zero-order valence-electron chi connectivity index (χ0n) is 19.6. The van der Waals surface area contributed by atoms with Crippen LogP contribution in [0.15, 0.2) is 146 Å². The van der Waals surface area contributed by atoms with Gasteiger partial charge < -0.3 is 24.8 Å². The standard InChI is InChI=1S/C13H10.2C10H7.2ClH.Hf/c1-3-7-12(8-4-1)11-13-9-5-2-6-10-13;2*1-2-5-9-7-4-8-10(9)6-3-1;;;/h1-10H;2*1-7H;2*1H;/q;2*-1;;;+2/p-2. The van der Waals surface area contributed by atoms with Crippen molar-refractivity contribution in [3.05, 3.63) is 169 Å². The smallest absolute Gasteiger partial charge is 0.0723 e. The van der Waals surface area contributed by atoms with Crippen LogP contribution in [0.3, 0.4) is 0 Å². The second kappa shape index (κ2) is 16.0. The first-order valence-corrected chi connectivity index (χ1v) is 13.0. The molecule has 4 aliphatic carbocycles. The molecule has 176 valence electrons. The third-order valence-corrected chi connectivity index (χ3v) is 7.35. The van der Waals surface area contributed by atoms with Crippen molar-refractivity contribution in [1.29, 1.82) is 0 Å². The van der Waals surface area contributed by atoms with Crippen molar-refractivity contribution in [3.8, 4) is 22.3 Å². The van der Waals surface area contributed by atoms with Crippen LogP contribution in [0.5, 0.6) is 0 Å². The summed E-state index contributed by atoms with van der Waals surface area (Å²) in [6.45, 7) is 0. The maximum Gasteiger partial charge on any atom is -0.0723 e. The van der Waals surface area contributed by atoms with Crippen LogP contribution in [0.25, 0.3) is 22.3 Å². The Morgan fingerprint density at radius 3 is 1.14 bits per heavy atom. The van der Waals surface area contributed by atoms with E-state index in [1.54, 1.807) is 0 Å². The van der Waals surface area contributed by atoms with Crippen molar-refractivity contribution in [1.82, 2.24) is 0 Å². The molecule has 0 aliphatic heterocycles. The second-order valence-corrected chi connectivity index (χ2v) is 9.42. The second-order valence-electron chi connectivity index (χ2n) is 7.62. The number of benzene rings is 2. The van der Waals surface area contributed by atoms with Gasteiger partial charge in [0.2, 0.25) is 0 Å². The number of halogens is 2. The van der Waals surface area contributed by atoms with Crippen LogP contribution in [0.2, 0.25) is 0 Å². The zero-order chi connectivity index (χ0) is 23.4. The van der Waals surface area contributed by atoms with Crippen molar-refractivity contribution >= 4 is 3.26 Å². The molecule has 0 atom stereocenters. The zero-order valence-corrected chi connectivity index (χ0v) is 24.7. The van der Waals surface area contributed by atoms with Gasteiger partial charge >= 0.3 is 98.9 Å². The van der Waals surface area contributed by atoms with E-state index in [0.717, 1.165) is 23.9 Å². The summed E-state index contributed by atoms with van der Waals surface area (Å²) in [7, 11) is 0. The first kappa shape index (κ1) is 29.4. The molecule has 36 heavy (non-hydrogen) atoms. The van der Waals surface area contributed by atoms with Gasteiger partial charge in [0, 0.05) is 0 Å². The van der Waals surface area contributed by atoms with Gasteiger partial charge in [-0.25, -0.2) is 0 Å². The average Bonchev–Trinajstić information content (AvgIpc) is 3.41. The Labute approximate surface area is 241 Å². The van der Waals surface area contributed by atoms with Gasteiger partial charge in [0.15, 0.2) is 0 Å². The molecule has 0 nitrogen and oxygen atoms in total. The molecule has 0 heterocycles. The maximum atomic E-state index is 3.14. The molecule has 2 aromatic carbocycles. The van der Waals surface area contributed by atoms with E-state index in [1.165, 1.54) is 36.6 Å². The van der Waals surface area contributed by atoms with E-state index in [1.807, 2.05) is 48.5 Å². The quantitative estimate of drug-likeness (QED) is 0.196. The Hall–Kier alpha value is -2.84. The fourth-order valence-electron chi connectivity index (χ4n) is 3.49. The minimum absolute atomic E-state index is 0. The predicted octanol–water partition coefficient (Wildman–Crippen LogP) is 1.99. The third kappa shape index (κ3) is 8.68. The molecule has 0 fully saturated rings. The Morgan fingerprint density at radius 2 is 0.750 bits per heavy atom. The molecule has 0 N–H and O–H groups in total. The predicted molar refractivity (Wildman–Crippen MR) is 140 cm³/mol. The van der Waals surface area contributed by atoms with E-state index in [4.69, 9.17) is 0 Å². The van der Waals surface area contributed by atoms with E-state index in [2.05, 4.69) is 109 Å². The van der Waals surface area contributed by atoms with Crippen LogP contribution < -0.4 is 24.8 Å². The molecule has 0 bridgehead atoms. The van der Waals surface area contributed by atoms with E-state index in [0.29, 0.717) is 0 Å². The first-order valence-electron chi connectivity index (χ1n) is 11.2. The molecule has 0 saturated carbocycles. The summed E-state index contributed by atoms with van der Waals surface area (Å²) in [5.41, 5.74) is 7.58. The molecule has 0 spiro atoms. The number of hydrogen-bond donors (Lipinski definition) is 0. The van der Waals surface area contributed by atoms with Crippen LogP contribution in [-0.4, -0.2) is 3.26 Å². The fourth-order valence-corrected chi connectivity index (χ4v) is 4.69. The molecule has 0 saturated heterocycles. The number of fused-ring (bicyclic) bond motifs is 2. The van der Waals surface area contributed by atoms with Gasteiger partial charge in [-0.15, -0.1) is 59.7 Å². The molecule has 6 rings (SSSR count). The van der Waals surface area contributed by atoms with Crippen molar-refractivity contribution in [2.45, 2.75) is 0 Å².